The molecule has 1 aliphatic carbocycles. The molecule has 0 saturated carbocycles. The van der Waals surface area contributed by atoms with Crippen molar-refractivity contribution in [3.05, 3.63) is 92.5 Å². The number of hydrogen-bond acceptors (Lipinski definition) is 4. The molecule has 0 spiro atoms. The molecule has 132 valence electrons. The summed E-state index contributed by atoms with van der Waals surface area (Å²) in [6.07, 6.45) is 0. The van der Waals surface area contributed by atoms with Crippen molar-refractivity contribution >= 4 is 28.1 Å². The monoisotopic (exact) mass is 374 g/mol. The number of carbonyl (C=O) groups is 1. The summed E-state index contributed by atoms with van der Waals surface area (Å²) < 4.78 is 5.75. The van der Waals surface area contributed by atoms with Crippen molar-refractivity contribution in [2.75, 3.05) is 0 Å². The Kier molecular flexibility index (Phi) is 3.52. The van der Waals surface area contributed by atoms with Crippen molar-refractivity contribution in [3.8, 4) is 11.3 Å². The van der Waals surface area contributed by atoms with E-state index in [2.05, 4.69) is 0 Å². The fraction of sp³-hybridized carbons (Fsp3) is 0.0909. The zero-order valence-corrected chi connectivity index (χ0v) is 14.9. The minimum atomic E-state index is -0.887. The Bertz CT molecular complexity index is 1240. The maximum Gasteiger partial charge on any atom is 0.344 e. The summed E-state index contributed by atoms with van der Waals surface area (Å²) in [4.78, 5) is 25.9. The first kappa shape index (κ1) is 16.0. The summed E-state index contributed by atoms with van der Waals surface area (Å²) in [6.45, 7) is 0. The Morgan fingerprint density at radius 1 is 0.963 bits per heavy atom. The Labute approximate surface area is 158 Å². The molecular weight excluding hydrogens is 360 g/mol. The third-order valence-electron chi connectivity index (χ3n) is 5.18. The quantitative estimate of drug-likeness (QED) is 0.545. The van der Waals surface area contributed by atoms with Gasteiger partial charge in [0.25, 0.3) is 0 Å². The molecule has 2 aromatic carbocycles. The molecule has 4 aromatic rings. The Balaban J connectivity index is 1.98. The molecular formula is C22H14O4S. The van der Waals surface area contributed by atoms with Crippen LogP contribution in [0, 0.1) is 0 Å². The van der Waals surface area contributed by atoms with Crippen LogP contribution in [0.4, 0.5) is 0 Å². The van der Waals surface area contributed by atoms with Gasteiger partial charge in [0.2, 0.25) is 0 Å². The maximum atomic E-state index is 12.6. The Morgan fingerprint density at radius 3 is 2.44 bits per heavy atom. The van der Waals surface area contributed by atoms with Crippen LogP contribution in [0.15, 0.2) is 75.3 Å². The van der Waals surface area contributed by atoms with Crippen LogP contribution in [0.5, 0.6) is 0 Å². The van der Waals surface area contributed by atoms with E-state index in [0.717, 1.165) is 15.8 Å². The van der Waals surface area contributed by atoms with E-state index in [1.54, 1.807) is 12.1 Å². The highest BCUT2D eigenvalue weighted by molar-refractivity contribution is 7.10. The van der Waals surface area contributed by atoms with Crippen LogP contribution >= 0.6 is 11.3 Å². The smallest absolute Gasteiger partial charge is 0.344 e. The molecule has 5 rings (SSSR count). The molecule has 0 bridgehead atoms. The minimum absolute atomic E-state index is 0.405. The van der Waals surface area contributed by atoms with Crippen LogP contribution in [0.3, 0.4) is 0 Å². The summed E-state index contributed by atoms with van der Waals surface area (Å²) in [5.41, 5.74) is 1.72. The molecule has 27 heavy (non-hydrogen) atoms. The largest absolute Gasteiger partial charge is 0.481 e. The maximum absolute atomic E-state index is 12.6. The van der Waals surface area contributed by atoms with E-state index in [1.165, 1.54) is 11.3 Å². The molecule has 2 atom stereocenters. The number of fused-ring (bicyclic) bond motifs is 5. The lowest BCUT2D eigenvalue weighted by atomic mass is 9.72. The lowest BCUT2D eigenvalue weighted by molar-refractivity contribution is -0.139. The van der Waals surface area contributed by atoms with Crippen molar-refractivity contribution in [1.82, 2.24) is 0 Å². The highest BCUT2D eigenvalue weighted by Gasteiger charge is 2.42. The van der Waals surface area contributed by atoms with E-state index in [0.29, 0.717) is 22.3 Å². The van der Waals surface area contributed by atoms with Gasteiger partial charge in [-0.1, -0.05) is 48.5 Å². The first-order valence-electron chi connectivity index (χ1n) is 8.58. The number of hydrogen-bond donors (Lipinski definition) is 1. The normalized spacial score (nSPS) is 18.1. The average Bonchev–Trinajstić information content (AvgIpc) is 3.21. The van der Waals surface area contributed by atoms with Crippen molar-refractivity contribution in [1.29, 1.82) is 0 Å². The number of rotatable bonds is 2. The second-order valence-electron chi connectivity index (χ2n) is 6.57. The third-order valence-corrected chi connectivity index (χ3v) is 6.13. The predicted molar refractivity (Wildman–Crippen MR) is 104 cm³/mol. The van der Waals surface area contributed by atoms with Gasteiger partial charge >= 0.3 is 11.6 Å². The summed E-state index contributed by atoms with van der Waals surface area (Å²) >= 11 is 1.52. The van der Waals surface area contributed by atoms with Crippen molar-refractivity contribution < 1.29 is 14.3 Å². The number of carboxylic acid groups (broad SMARTS) is 1. The van der Waals surface area contributed by atoms with Gasteiger partial charge in [0.15, 0.2) is 0 Å². The van der Waals surface area contributed by atoms with Gasteiger partial charge in [0.05, 0.1) is 11.3 Å². The zero-order chi connectivity index (χ0) is 18.5. The number of carboxylic acids is 1. The molecule has 4 nitrogen and oxygen atoms in total. The van der Waals surface area contributed by atoms with Crippen LogP contribution in [0.2, 0.25) is 0 Å². The van der Waals surface area contributed by atoms with Gasteiger partial charge in [0, 0.05) is 21.9 Å². The fourth-order valence-corrected chi connectivity index (χ4v) is 4.97. The van der Waals surface area contributed by atoms with Crippen molar-refractivity contribution in [2.24, 2.45) is 0 Å². The number of benzene rings is 2. The summed E-state index contributed by atoms with van der Waals surface area (Å²) in [5.74, 6) is -1.57. The van der Waals surface area contributed by atoms with Gasteiger partial charge in [-0.05, 0) is 28.5 Å². The molecule has 2 aromatic heterocycles. The van der Waals surface area contributed by atoms with Gasteiger partial charge in [0.1, 0.15) is 5.76 Å². The molecule has 0 radical (unpaired) electrons. The standard InChI is InChI=1S/C22H14O4S/c23-21(24)18-12-6-1-3-8-14(12)20-17(19(18)16-10-5-11-27-16)13-7-2-4-9-15(13)22(25)26-20/h1-11,18-19H,(H,23,24)/t18-,19-/m1/s1. The van der Waals surface area contributed by atoms with Gasteiger partial charge in [-0.3, -0.25) is 4.79 Å². The summed E-state index contributed by atoms with van der Waals surface area (Å²) in [7, 11) is 0. The van der Waals surface area contributed by atoms with E-state index in [1.807, 2.05) is 53.9 Å². The molecule has 0 fully saturated rings. The van der Waals surface area contributed by atoms with Gasteiger partial charge in [-0.15, -0.1) is 11.3 Å². The average molecular weight is 374 g/mol. The Hall–Kier alpha value is -3.18. The van der Waals surface area contributed by atoms with Crippen LogP contribution in [0.25, 0.3) is 22.1 Å². The van der Waals surface area contributed by atoms with E-state index >= 15 is 0 Å². The second-order valence-corrected chi connectivity index (χ2v) is 7.55. The predicted octanol–water partition coefficient (Wildman–Crippen LogP) is 4.84. The van der Waals surface area contributed by atoms with E-state index in [4.69, 9.17) is 4.42 Å². The minimum Gasteiger partial charge on any atom is -0.481 e. The van der Waals surface area contributed by atoms with Crippen LogP contribution in [-0.2, 0) is 4.79 Å². The van der Waals surface area contributed by atoms with Gasteiger partial charge in [-0.2, -0.15) is 0 Å². The van der Waals surface area contributed by atoms with Crippen LogP contribution < -0.4 is 5.63 Å². The molecule has 1 aliphatic rings. The van der Waals surface area contributed by atoms with E-state index < -0.39 is 23.4 Å². The zero-order valence-electron chi connectivity index (χ0n) is 14.1. The van der Waals surface area contributed by atoms with Gasteiger partial charge < -0.3 is 9.52 Å². The van der Waals surface area contributed by atoms with Crippen molar-refractivity contribution in [2.45, 2.75) is 11.8 Å². The molecule has 0 aliphatic heterocycles. The number of thiophene rings is 1. The topological polar surface area (TPSA) is 67.5 Å². The first-order chi connectivity index (χ1) is 13.2. The SMILES string of the molecule is O=C(O)[C@@H]1c2ccccc2-c2oc(=O)c3ccccc3c2[C@H]1c1cccs1. The lowest BCUT2D eigenvalue weighted by Gasteiger charge is -2.32. The van der Waals surface area contributed by atoms with E-state index in [9.17, 15) is 14.7 Å². The number of aliphatic carboxylic acids is 1. The summed E-state index contributed by atoms with van der Waals surface area (Å²) in [5, 5.41) is 13.3. The van der Waals surface area contributed by atoms with Crippen molar-refractivity contribution in [3.63, 3.8) is 0 Å². The second kappa shape index (κ2) is 5.93. The third kappa shape index (κ3) is 2.28. The molecule has 1 N–H and O–H groups in total. The Morgan fingerprint density at radius 2 is 1.70 bits per heavy atom. The first-order valence-corrected chi connectivity index (χ1v) is 9.46. The molecule has 0 saturated heterocycles. The molecule has 2 heterocycles. The molecule has 0 unspecified atom stereocenters. The highest BCUT2D eigenvalue weighted by atomic mass is 32.1. The van der Waals surface area contributed by atoms with Crippen LogP contribution in [0.1, 0.15) is 27.8 Å². The van der Waals surface area contributed by atoms with Crippen LogP contribution in [-0.4, -0.2) is 11.1 Å². The fourth-order valence-electron chi connectivity index (χ4n) is 4.10. The lowest BCUT2D eigenvalue weighted by Crippen LogP contribution is -2.26. The van der Waals surface area contributed by atoms with Gasteiger partial charge in [-0.25, -0.2) is 4.79 Å². The highest BCUT2D eigenvalue weighted by Crippen LogP contribution is 2.52. The molecule has 5 heteroatoms. The molecule has 0 amide bonds. The van der Waals surface area contributed by atoms with E-state index in [-0.39, 0.29) is 0 Å². The summed E-state index contributed by atoms with van der Waals surface area (Å²) in [6, 6.07) is 18.4.